The Morgan fingerprint density at radius 1 is 1.03 bits per heavy atom. The third-order valence-corrected chi connectivity index (χ3v) is 7.67. The Morgan fingerprint density at radius 2 is 1.80 bits per heavy atom. The van der Waals surface area contributed by atoms with Crippen LogP contribution in [0.2, 0.25) is 0 Å². The molecule has 2 aromatic carbocycles. The number of carboxylic acid groups (broad SMARTS) is 1. The lowest BCUT2D eigenvalue weighted by Crippen LogP contribution is -2.30. The van der Waals surface area contributed by atoms with Crippen LogP contribution in [0.3, 0.4) is 0 Å². The molecule has 4 heteroatoms. The number of halogens is 2. The van der Waals surface area contributed by atoms with Gasteiger partial charge in [0.05, 0.1) is 10.9 Å². The first kappa shape index (κ1) is 21.3. The monoisotopic (exact) mass is 414 g/mol. The van der Waals surface area contributed by atoms with Crippen molar-refractivity contribution < 1.29 is 18.7 Å². The zero-order valence-corrected chi connectivity index (χ0v) is 17.8. The van der Waals surface area contributed by atoms with Crippen LogP contribution < -0.4 is 0 Å². The number of unbranched alkanes of at least 4 members (excludes halogenated alkanes) is 2. The number of rotatable bonds is 6. The van der Waals surface area contributed by atoms with Gasteiger partial charge in [0, 0.05) is 0 Å². The van der Waals surface area contributed by atoms with E-state index in [0.29, 0.717) is 11.3 Å². The third-order valence-electron chi connectivity index (χ3n) is 7.67. The maximum Gasteiger partial charge on any atom is 0.338 e. The van der Waals surface area contributed by atoms with E-state index in [0.717, 1.165) is 36.2 Å². The number of aromatic carboxylic acids is 1. The van der Waals surface area contributed by atoms with Crippen LogP contribution in [0.25, 0.3) is 10.8 Å². The molecule has 0 spiro atoms. The Bertz CT molecular complexity index is 923. The van der Waals surface area contributed by atoms with Crippen LogP contribution in [0.15, 0.2) is 24.3 Å². The molecule has 2 fully saturated rings. The lowest BCUT2D eigenvalue weighted by atomic mass is 9.63. The minimum atomic E-state index is -1.37. The van der Waals surface area contributed by atoms with E-state index in [4.69, 9.17) is 5.11 Å². The largest absolute Gasteiger partial charge is 0.478 e. The maximum atomic E-state index is 14.8. The fourth-order valence-electron chi connectivity index (χ4n) is 6.03. The average Bonchev–Trinajstić information content (AvgIpc) is 2.73. The predicted molar refractivity (Wildman–Crippen MR) is 116 cm³/mol. The van der Waals surface area contributed by atoms with Crippen molar-refractivity contribution in [3.8, 4) is 0 Å². The van der Waals surface area contributed by atoms with Gasteiger partial charge in [0.2, 0.25) is 0 Å². The molecule has 2 aliphatic carbocycles. The Hall–Kier alpha value is -1.97. The van der Waals surface area contributed by atoms with Crippen molar-refractivity contribution in [2.45, 2.75) is 77.0 Å². The van der Waals surface area contributed by atoms with Gasteiger partial charge < -0.3 is 5.11 Å². The lowest BCUT2D eigenvalue weighted by molar-refractivity contribution is 0.0692. The summed E-state index contributed by atoms with van der Waals surface area (Å²) in [5.74, 6) is -0.276. The molecule has 4 rings (SSSR count). The molecule has 0 aliphatic heterocycles. The molecule has 0 amide bonds. The first-order valence-electron chi connectivity index (χ1n) is 11.6. The second-order valence-electron chi connectivity index (χ2n) is 9.54. The molecule has 0 bridgehead atoms. The van der Waals surface area contributed by atoms with Crippen LogP contribution in [-0.4, -0.2) is 11.1 Å². The van der Waals surface area contributed by atoms with E-state index >= 15 is 0 Å². The van der Waals surface area contributed by atoms with Crippen LogP contribution in [0.4, 0.5) is 8.78 Å². The smallest absolute Gasteiger partial charge is 0.338 e. The molecule has 2 aromatic rings. The highest BCUT2D eigenvalue weighted by Gasteiger charge is 2.36. The van der Waals surface area contributed by atoms with E-state index in [2.05, 4.69) is 6.92 Å². The molecule has 4 unspecified atom stereocenters. The molecule has 0 aromatic heterocycles. The predicted octanol–water partition coefficient (Wildman–Crippen LogP) is 7.70. The first-order chi connectivity index (χ1) is 14.5. The van der Waals surface area contributed by atoms with Gasteiger partial charge in [-0.3, -0.25) is 0 Å². The number of hydrogen-bond acceptors (Lipinski definition) is 1. The van der Waals surface area contributed by atoms with Gasteiger partial charge in [-0.25, -0.2) is 13.6 Å². The number of fused-ring (bicyclic) bond motifs is 2. The van der Waals surface area contributed by atoms with Gasteiger partial charge >= 0.3 is 5.97 Å². The van der Waals surface area contributed by atoms with Gasteiger partial charge in [0.25, 0.3) is 0 Å². The molecule has 162 valence electrons. The summed E-state index contributed by atoms with van der Waals surface area (Å²) >= 11 is 0. The zero-order valence-electron chi connectivity index (χ0n) is 17.8. The maximum absolute atomic E-state index is 14.8. The molecule has 2 saturated carbocycles. The standard InChI is InChI=1S/C26H32F2O2/c1-2-3-4-5-16-6-7-18-13-19(9-8-17(18)12-16)21-14-20-10-11-22(26(29)30)25(28)24(20)23(27)15-21/h10-11,14-19H,2-9,12-13H2,1H3,(H,29,30). The van der Waals surface area contributed by atoms with Gasteiger partial charge in [0.15, 0.2) is 0 Å². The number of benzene rings is 2. The Kier molecular flexibility index (Phi) is 6.40. The first-order valence-corrected chi connectivity index (χ1v) is 11.6. The molecular formula is C26H32F2O2. The SMILES string of the molecule is CCCCCC1CCC2CC(c3cc(F)c4c(F)c(C(=O)O)ccc4c3)CCC2C1. The van der Waals surface area contributed by atoms with Crippen molar-refractivity contribution in [1.82, 2.24) is 0 Å². The number of hydrogen-bond donors (Lipinski definition) is 1. The summed E-state index contributed by atoms with van der Waals surface area (Å²) in [5, 5.41) is 9.35. The second kappa shape index (κ2) is 9.03. The molecular weight excluding hydrogens is 382 g/mol. The van der Waals surface area contributed by atoms with Crippen molar-refractivity contribution in [2.24, 2.45) is 17.8 Å². The van der Waals surface area contributed by atoms with Crippen LogP contribution in [0, 0.1) is 29.4 Å². The van der Waals surface area contributed by atoms with Gasteiger partial charge in [-0.05, 0) is 78.9 Å². The Morgan fingerprint density at radius 3 is 2.57 bits per heavy atom. The van der Waals surface area contributed by atoms with E-state index in [1.165, 1.54) is 69.6 Å². The summed E-state index contributed by atoms with van der Waals surface area (Å²) in [7, 11) is 0. The number of carboxylic acids is 1. The van der Waals surface area contributed by atoms with E-state index in [9.17, 15) is 13.6 Å². The highest BCUT2D eigenvalue weighted by Crippen LogP contribution is 2.48. The molecule has 0 radical (unpaired) electrons. The van der Waals surface area contributed by atoms with Crippen LogP contribution in [0.5, 0.6) is 0 Å². The fourth-order valence-corrected chi connectivity index (χ4v) is 6.03. The lowest BCUT2D eigenvalue weighted by Gasteiger charge is -2.42. The van der Waals surface area contributed by atoms with Crippen LogP contribution >= 0.6 is 0 Å². The Balaban J connectivity index is 1.48. The molecule has 2 nitrogen and oxygen atoms in total. The third kappa shape index (κ3) is 4.24. The fraction of sp³-hybridized carbons (Fsp3) is 0.577. The van der Waals surface area contributed by atoms with Crippen molar-refractivity contribution in [3.63, 3.8) is 0 Å². The number of carbonyl (C=O) groups is 1. The quantitative estimate of drug-likeness (QED) is 0.492. The van der Waals surface area contributed by atoms with Crippen molar-refractivity contribution in [3.05, 3.63) is 47.0 Å². The molecule has 1 N–H and O–H groups in total. The topological polar surface area (TPSA) is 37.3 Å². The van der Waals surface area contributed by atoms with Crippen LogP contribution in [-0.2, 0) is 0 Å². The van der Waals surface area contributed by atoms with Gasteiger partial charge in [-0.15, -0.1) is 0 Å². The minimum absolute atomic E-state index is 0.208. The molecule has 4 atom stereocenters. The summed E-state index contributed by atoms with van der Waals surface area (Å²) in [5.41, 5.74) is 0.455. The second-order valence-corrected chi connectivity index (χ2v) is 9.54. The van der Waals surface area contributed by atoms with Gasteiger partial charge in [-0.1, -0.05) is 51.2 Å². The normalized spacial score (nSPS) is 26.5. The van der Waals surface area contributed by atoms with Crippen molar-refractivity contribution >= 4 is 16.7 Å². The van der Waals surface area contributed by atoms with Crippen LogP contribution in [0.1, 0.15) is 93.0 Å². The highest BCUT2D eigenvalue weighted by atomic mass is 19.1. The summed E-state index contributed by atoms with van der Waals surface area (Å²) in [4.78, 5) is 11.2. The highest BCUT2D eigenvalue weighted by molar-refractivity contribution is 5.95. The summed E-state index contributed by atoms with van der Waals surface area (Å²) in [6, 6.07) is 6.08. The zero-order chi connectivity index (χ0) is 21.3. The van der Waals surface area contributed by atoms with E-state index in [1.54, 1.807) is 0 Å². The van der Waals surface area contributed by atoms with E-state index < -0.39 is 23.2 Å². The van der Waals surface area contributed by atoms with E-state index in [1.807, 2.05) is 6.07 Å². The van der Waals surface area contributed by atoms with Crippen molar-refractivity contribution in [1.29, 1.82) is 0 Å². The van der Waals surface area contributed by atoms with E-state index in [-0.39, 0.29) is 5.39 Å². The Labute approximate surface area is 177 Å². The van der Waals surface area contributed by atoms with Crippen molar-refractivity contribution in [2.75, 3.05) is 0 Å². The van der Waals surface area contributed by atoms with Gasteiger partial charge in [0.1, 0.15) is 11.6 Å². The minimum Gasteiger partial charge on any atom is -0.478 e. The summed E-state index contributed by atoms with van der Waals surface area (Å²) < 4.78 is 29.3. The molecule has 0 heterocycles. The molecule has 30 heavy (non-hydrogen) atoms. The summed E-state index contributed by atoms with van der Waals surface area (Å²) in [6.45, 7) is 2.26. The molecule has 0 saturated heterocycles. The summed E-state index contributed by atoms with van der Waals surface area (Å²) in [6.07, 6.45) is 12.7. The molecule has 2 aliphatic rings. The van der Waals surface area contributed by atoms with Gasteiger partial charge in [-0.2, -0.15) is 0 Å². The average molecular weight is 415 g/mol.